The van der Waals surface area contributed by atoms with Gasteiger partial charge in [0.2, 0.25) is 5.91 Å². The summed E-state index contributed by atoms with van der Waals surface area (Å²) in [5.74, 6) is -0.0954. The van der Waals surface area contributed by atoms with E-state index in [2.05, 4.69) is 0 Å². The monoisotopic (exact) mass is 278 g/mol. The Balaban J connectivity index is 2.13. The summed E-state index contributed by atoms with van der Waals surface area (Å²) in [4.78, 5) is 24.6. The van der Waals surface area contributed by atoms with Gasteiger partial charge in [-0.3, -0.25) is 14.9 Å². The lowest BCUT2D eigenvalue weighted by atomic mass is 10.1. The summed E-state index contributed by atoms with van der Waals surface area (Å²) in [7, 11) is 0. The van der Waals surface area contributed by atoms with Crippen LogP contribution in [0.1, 0.15) is 19.4 Å². The zero-order chi connectivity index (χ0) is 14.7. The van der Waals surface area contributed by atoms with Crippen LogP contribution in [0.15, 0.2) is 24.3 Å². The van der Waals surface area contributed by atoms with Crippen molar-refractivity contribution in [1.29, 1.82) is 0 Å². The summed E-state index contributed by atoms with van der Waals surface area (Å²) >= 11 is 0. The van der Waals surface area contributed by atoms with Gasteiger partial charge < -0.3 is 9.64 Å². The molecule has 0 radical (unpaired) electrons. The van der Waals surface area contributed by atoms with Crippen LogP contribution in [0.4, 0.5) is 5.69 Å². The molecule has 1 heterocycles. The molecule has 0 aromatic heterocycles. The van der Waals surface area contributed by atoms with Gasteiger partial charge in [0.15, 0.2) is 0 Å². The van der Waals surface area contributed by atoms with E-state index < -0.39 is 4.92 Å². The lowest BCUT2D eigenvalue weighted by molar-refractivity contribution is -0.385. The fourth-order valence-corrected chi connectivity index (χ4v) is 2.35. The Kier molecular flexibility index (Phi) is 4.34. The smallest absolute Gasteiger partial charge is 0.273 e. The van der Waals surface area contributed by atoms with E-state index in [4.69, 9.17) is 4.74 Å². The van der Waals surface area contributed by atoms with Gasteiger partial charge in [0, 0.05) is 18.2 Å². The fraction of sp³-hybridized carbons (Fsp3) is 0.500. The maximum Gasteiger partial charge on any atom is 0.273 e. The van der Waals surface area contributed by atoms with Crippen molar-refractivity contribution in [3.8, 4) is 0 Å². The number of nitro benzene ring substituents is 1. The van der Waals surface area contributed by atoms with Gasteiger partial charge in [-0.05, 0) is 13.8 Å². The molecule has 0 spiro atoms. The SMILES string of the molecule is CC1CN(C(=O)Cc2ccccc2[N+](=O)[O-])C(C)CO1. The zero-order valence-corrected chi connectivity index (χ0v) is 11.6. The van der Waals surface area contributed by atoms with Crippen LogP contribution in [0.25, 0.3) is 0 Å². The first-order chi connectivity index (χ1) is 9.49. The Morgan fingerprint density at radius 2 is 2.15 bits per heavy atom. The highest BCUT2D eigenvalue weighted by Crippen LogP contribution is 2.20. The second-order valence-electron chi connectivity index (χ2n) is 5.10. The standard InChI is InChI=1S/C14H18N2O4/c1-10-9-20-11(2)8-15(10)14(17)7-12-5-3-4-6-13(12)16(18)19/h3-6,10-11H,7-9H2,1-2H3. The number of para-hydroxylation sites is 1. The van der Waals surface area contributed by atoms with E-state index in [1.165, 1.54) is 6.07 Å². The Morgan fingerprint density at radius 1 is 1.45 bits per heavy atom. The summed E-state index contributed by atoms with van der Waals surface area (Å²) in [6.07, 6.45) is 0.0507. The minimum absolute atomic E-state index is 0.000842. The van der Waals surface area contributed by atoms with Crippen LogP contribution in [0, 0.1) is 10.1 Å². The van der Waals surface area contributed by atoms with E-state index in [1.807, 2.05) is 13.8 Å². The number of benzene rings is 1. The molecule has 1 aliphatic heterocycles. The second kappa shape index (κ2) is 6.00. The highest BCUT2D eigenvalue weighted by Gasteiger charge is 2.28. The molecule has 1 fully saturated rings. The first-order valence-corrected chi connectivity index (χ1v) is 6.62. The van der Waals surface area contributed by atoms with Gasteiger partial charge in [-0.2, -0.15) is 0 Å². The molecular weight excluding hydrogens is 260 g/mol. The van der Waals surface area contributed by atoms with Crippen molar-refractivity contribution >= 4 is 11.6 Å². The number of ether oxygens (including phenoxy) is 1. The van der Waals surface area contributed by atoms with Gasteiger partial charge in [0.25, 0.3) is 5.69 Å². The maximum atomic E-state index is 12.3. The molecule has 1 saturated heterocycles. The predicted molar refractivity (Wildman–Crippen MR) is 73.4 cm³/mol. The number of hydrogen-bond acceptors (Lipinski definition) is 4. The van der Waals surface area contributed by atoms with Crippen molar-refractivity contribution in [3.05, 3.63) is 39.9 Å². The molecule has 20 heavy (non-hydrogen) atoms. The lowest BCUT2D eigenvalue weighted by Crippen LogP contribution is -2.50. The number of carbonyl (C=O) groups excluding carboxylic acids is 1. The average molecular weight is 278 g/mol. The Labute approximate surface area is 117 Å². The summed E-state index contributed by atoms with van der Waals surface area (Å²) in [6, 6.07) is 6.37. The fourth-order valence-electron chi connectivity index (χ4n) is 2.35. The summed E-state index contributed by atoms with van der Waals surface area (Å²) in [5, 5.41) is 11.0. The van der Waals surface area contributed by atoms with Crippen LogP contribution >= 0.6 is 0 Å². The van der Waals surface area contributed by atoms with Crippen molar-refractivity contribution in [3.63, 3.8) is 0 Å². The quantitative estimate of drug-likeness (QED) is 0.624. The highest BCUT2D eigenvalue weighted by atomic mass is 16.6. The molecule has 0 saturated carbocycles. The first-order valence-electron chi connectivity index (χ1n) is 6.62. The molecule has 0 bridgehead atoms. The molecule has 2 atom stereocenters. The molecule has 1 aliphatic rings. The van der Waals surface area contributed by atoms with Gasteiger partial charge in [0.1, 0.15) is 0 Å². The third kappa shape index (κ3) is 3.14. The summed E-state index contributed by atoms with van der Waals surface area (Å²) in [6.45, 7) is 4.87. The van der Waals surface area contributed by atoms with Crippen molar-refractivity contribution in [2.75, 3.05) is 13.2 Å². The number of hydrogen-bond donors (Lipinski definition) is 0. The third-order valence-corrected chi connectivity index (χ3v) is 3.46. The van der Waals surface area contributed by atoms with Gasteiger partial charge in [-0.1, -0.05) is 18.2 Å². The minimum atomic E-state index is -0.450. The molecule has 1 aromatic carbocycles. The number of carbonyl (C=O) groups is 1. The molecule has 6 nitrogen and oxygen atoms in total. The molecule has 1 aromatic rings. The van der Waals surface area contributed by atoms with Crippen LogP contribution in [0.5, 0.6) is 0 Å². The second-order valence-corrected chi connectivity index (χ2v) is 5.10. The lowest BCUT2D eigenvalue weighted by Gasteiger charge is -2.36. The van der Waals surface area contributed by atoms with Gasteiger partial charge >= 0.3 is 0 Å². The van der Waals surface area contributed by atoms with Gasteiger partial charge in [-0.25, -0.2) is 0 Å². The third-order valence-electron chi connectivity index (χ3n) is 3.46. The zero-order valence-electron chi connectivity index (χ0n) is 11.6. The largest absolute Gasteiger partial charge is 0.375 e. The number of nitrogens with zero attached hydrogens (tertiary/aromatic N) is 2. The van der Waals surface area contributed by atoms with E-state index in [9.17, 15) is 14.9 Å². The van der Waals surface area contributed by atoms with E-state index in [1.54, 1.807) is 23.1 Å². The minimum Gasteiger partial charge on any atom is -0.375 e. The number of amides is 1. The number of nitro groups is 1. The Bertz CT molecular complexity index is 518. The topological polar surface area (TPSA) is 72.7 Å². The molecule has 0 aliphatic carbocycles. The molecular formula is C14H18N2O4. The highest BCUT2D eigenvalue weighted by molar-refractivity contribution is 5.80. The molecule has 108 valence electrons. The van der Waals surface area contributed by atoms with Gasteiger partial charge in [0.05, 0.1) is 30.1 Å². The van der Waals surface area contributed by atoms with E-state index in [0.29, 0.717) is 18.7 Å². The molecule has 2 rings (SSSR count). The van der Waals surface area contributed by atoms with Crippen LogP contribution < -0.4 is 0 Å². The van der Waals surface area contributed by atoms with E-state index in [0.717, 1.165) is 0 Å². The normalized spacial score (nSPS) is 22.6. The average Bonchev–Trinajstić information content (AvgIpc) is 2.41. The number of morpholine rings is 1. The van der Waals surface area contributed by atoms with Crippen LogP contribution in [-0.2, 0) is 16.0 Å². The maximum absolute atomic E-state index is 12.3. The molecule has 0 N–H and O–H groups in total. The molecule has 6 heteroatoms. The van der Waals surface area contributed by atoms with Crippen LogP contribution in [0.2, 0.25) is 0 Å². The van der Waals surface area contributed by atoms with Crippen molar-refractivity contribution < 1.29 is 14.5 Å². The van der Waals surface area contributed by atoms with E-state index in [-0.39, 0.29) is 30.2 Å². The Morgan fingerprint density at radius 3 is 2.85 bits per heavy atom. The van der Waals surface area contributed by atoms with Crippen LogP contribution in [0.3, 0.4) is 0 Å². The predicted octanol–water partition coefficient (Wildman–Crippen LogP) is 1.77. The van der Waals surface area contributed by atoms with Crippen molar-refractivity contribution in [1.82, 2.24) is 4.90 Å². The Hall–Kier alpha value is -1.95. The van der Waals surface area contributed by atoms with Crippen molar-refractivity contribution in [2.45, 2.75) is 32.4 Å². The molecule has 2 unspecified atom stereocenters. The van der Waals surface area contributed by atoms with Crippen LogP contribution in [-0.4, -0.2) is 41.0 Å². The molecule has 1 amide bonds. The number of rotatable bonds is 3. The van der Waals surface area contributed by atoms with Crippen molar-refractivity contribution in [2.24, 2.45) is 0 Å². The van der Waals surface area contributed by atoms with Gasteiger partial charge in [-0.15, -0.1) is 0 Å². The first kappa shape index (κ1) is 14.5. The van der Waals surface area contributed by atoms with E-state index >= 15 is 0 Å². The summed E-state index contributed by atoms with van der Waals surface area (Å²) in [5.41, 5.74) is 0.448. The summed E-state index contributed by atoms with van der Waals surface area (Å²) < 4.78 is 5.48.